The van der Waals surface area contributed by atoms with Crippen LogP contribution in [0.3, 0.4) is 0 Å². The number of hydrogen-bond acceptors (Lipinski definition) is 2. The van der Waals surface area contributed by atoms with Crippen molar-refractivity contribution in [2.45, 2.75) is 0 Å². The van der Waals surface area contributed by atoms with Crippen molar-refractivity contribution in [3.63, 3.8) is 0 Å². The number of anilines is 3. The van der Waals surface area contributed by atoms with Crippen LogP contribution in [0.4, 0.5) is 17.1 Å². The van der Waals surface area contributed by atoms with Gasteiger partial charge < -0.3 is 13.9 Å². The number of furan rings is 1. The number of fused-ring (bicyclic) bond motifs is 6. The minimum atomic E-state index is 0.880. The average Bonchev–Trinajstić information content (AvgIpc) is 3.98. The van der Waals surface area contributed by atoms with E-state index in [1.165, 1.54) is 49.6 Å². The molecule has 0 radical (unpaired) electrons. The highest BCUT2D eigenvalue weighted by atomic mass is 16.3. The van der Waals surface area contributed by atoms with E-state index in [-0.39, 0.29) is 0 Å². The van der Waals surface area contributed by atoms with Gasteiger partial charge in [-0.25, -0.2) is 0 Å². The van der Waals surface area contributed by atoms with Gasteiger partial charge in [-0.1, -0.05) is 212 Å². The van der Waals surface area contributed by atoms with Crippen LogP contribution in [0, 0.1) is 0 Å². The number of para-hydroxylation sites is 5. The normalized spacial score (nSPS) is 11.5. The number of aromatic nitrogens is 1. The zero-order valence-corrected chi connectivity index (χ0v) is 37.7. The SMILES string of the molecule is c1ccc(-c2ccc(-c3ccc(N(c4ccc(-c5ccccc5-c5ccccc5)cc4)c4ccccc4-c4cccc5c4oc4ccccc45)cc3)c(-n3c4ccccc4c4ccccc43)c2)cc1. The average molecular weight is 881 g/mol. The molecule has 0 saturated heterocycles. The van der Waals surface area contributed by atoms with E-state index in [1.54, 1.807) is 0 Å². The van der Waals surface area contributed by atoms with Crippen LogP contribution >= 0.6 is 0 Å². The molecule has 11 aromatic carbocycles. The zero-order chi connectivity index (χ0) is 45.7. The summed E-state index contributed by atoms with van der Waals surface area (Å²) in [5, 5.41) is 4.69. The zero-order valence-electron chi connectivity index (χ0n) is 37.7. The second kappa shape index (κ2) is 16.9. The van der Waals surface area contributed by atoms with Gasteiger partial charge in [0, 0.05) is 49.6 Å². The fraction of sp³-hybridized carbons (Fsp3) is 0. The molecule has 324 valence electrons. The molecule has 69 heavy (non-hydrogen) atoms. The van der Waals surface area contributed by atoms with E-state index < -0.39 is 0 Å². The lowest BCUT2D eigenvalue weighted by Crippen LogP contribution is -2.11. The van der Waals surface area contributed by atoms with E-state index in [0.717, 1.165) is 72.5 Å². The molecule has 0 amide bonds. The Morgan fingerprint density at radius 2 is 0.754 bits per heavy atom. The summed E-state index contributed by atoms with van der Waals surface area (Å²) in [6.07, 6.45) is 0. The van der Waals surface area contributed by atoms with Crippen molar-refractivity contribution in [1.29, 1.82) is 0 Å². The predicted molar refractivity (Wildman–Crippen MR) is 290 cm³/mol. The van der Waals surface area contributed by atoms with Gasteiger partial charge in [-0.05, 0) is 93.5 Å². The maximum absolute atomic E-state index is 6.67. The third-order valence-electron chi connectivity index (χ3n) is 13.7. The topological polar surface area (TPSA) is 21.3 Å². The summed E-state index contributed by atoms with van der Waals surface area (Å²) in [6, 6.07) is 96.1. The molecule has 0 bridgehead atoms. The summed E-state index contributed by atoms with van der Waals surface area (Å²) in [7, 11) is 0. The monoisotopic (exact) mass is 880 g/mol. The molecular weight excluding hydrogens is 837 g/mol. The number of nitrogens with zero attached hydrogens (tertiary/aromatic N) is 2. The van der Waals surface area contributed by atoms with Crippen LogP contribution in [-0.2, 0) is 0 Å². The van der Waals surface area contributed by atoms with Crippen LogP contribution in [0.5, 0.6) is 0 Å². The van der Waals surface area contributed by atoms with Crippen LogP contribution in [0.15, 0.2) is 271 Å². The van der Waals surface area contributed by atoms with E-state index in [4.69, 9.17) is 4.42 Å². The van der Waals surface area contributed by atoms with E-state index in [1.807, 2.05) is 6.07 Å². The summed E-state index contributed by atoms with van der Waals surface area (Å²) in [5.74, 6) is 0. The molecule has 13 aromatic rings. The van der Waals surface area contributed by atoms with E-state index in [0.29, 0.717) is 0 Å². The van der Waals surface area contributed by atoms with Gasteiger partial charge in [0.05, 0.1) is 22.4 Å². The Labute approximate surface area is 401 Å². The van der Waals surface area contributed by atoms with Crippen molar-refractivity contribution >= 4 is 60.8 Å². The summed E-state index contributed by atoms with van der Waals surface area (Å²) in [6.45, 7) is 0. The molecule has 0 fully saturated rings. The van der Waals surface area contributed by atoms with Crippen LogP contribution in [-0.4, -0.2) is 4.57 Å². The molecule has 0 atom stereocenters. The van der Waals surface area contributed by atoms with Gasteiger partial charge in [0.25, 0.3) is 0 Å². The van der Waals surface area contributed by atoms with Crippen molar-refractivity contribution in [1.82, 2.24) is 4.57 Å². The Bertz CT molecular complexity index is 3940. The van der Waals surface area contributed by atoms with Gasteiger partial charge in [-0.15, -0.1) is 0 Å². The fourth-order valence-corrected chi connectivity index (χ4v) is 10.4. The van der Waals surface area contributed by atoms with E-state index in [9.17, 15) is 0 Å². The maximum atomic E-state index is 6.67. The highest BCUT2D eigenvalue weighted by Crippen LogP contribution is 2.46. The van der Waals surface area contributed by atoms with Crippen LogP contribution < -0.4 is 4.90 Å². The quantitative estimate of drug-likeness (QED) is 0.144. The number of hydrogen-bond donors (Lipinski definition) is 0. The molecule has 0 N–H and O–H groups in total. The molecule has 13 rings (SSSR count). The van der Waals surface area contributed by atoms with Gasteiger partial charge >= 0.3 is 0 Å². The van der Waals surface area contributed by atoms with E-state index in [2.05, 4.69) is 270 Å². The van der Waals surface area contributed by atoms with Gasteiger partial charge in [0.1, 0.15) is 11.2 Å². The second-order valence-corrected chi connectivity index (χ2v) is 17.6. The first-order chi connectivity index (χ1) is 34.2. The Morgan fingerprint density at radius 1 is 0.290 bits per heavy atom. The summed E-state index contributed by atoms with van der Waals surface area (Å²) >= 11 is 0. The number of rotatable bonds is 9. The van der Waals surface area contributed by atoms with Crippen molar-refractivity contribution < 1.29 is 4.42 Å². The summed E-state index contributed by atoms with van der Waals surface area (Å²) in [4.78, 5) is 2.39. The summed E-state index contributed by atoms with van der Waals surface area (Å²) < 4.78 is 9.12. The molecule has 2 aromatic heterocycles. The van der Waals surface area contributed by atoms with Crippen molar-refractivity contribution in [2.24, 2.45) is 0 Å². The summed E-state index contributed by atoms with van der Waals surface area (Å²) in [5.41, 5.74) is 19.9. The molecule has 0 aliphatic carbocycles. The second-order valence-electron chi connectivity index (χ2n) is 17.6. The molecule has 3 nitrogen and oxygen atoms in total. The maximum Gasteiger partial charge on any atom is 0.143 e. The first-order valence-corrected chi connectivity index (χ1v) is 23.6. The third kappa shape index (κ3) is 6.99. The lowest BCUT2D eigenvalue weighted by Gasteiger charge is -2.28. The van der Waals surface area contributed by atoms with Crippen LogP contribution in [0.2, 0.25) is 0 Å². The Hall–Kier alpha value is -9.18. The smallest absolute Gasteiger partial charge is 0.143 e. The highest BCUT2D eigenvalue weighted by molar-refractivity contribution is 6.12. The first kappa shape index (κ1) is 40.1. The Balaban J connectivity index is 0.980. The largest absolute Gasteiger partial charge is 0.455 e. The molecule has 0 aliphatic rings. The molecule has 0 aliphatic heterocycles. The molecule has 0 unspecified atom stereocenters. The van der Waals surface area contributed by atoms with Gasteiger partial charge in [0.2, 0.25) is 0 Å². The molecule has 0 spiro atoms. The molecular formula is C66H44N2O. The van der Waals surface area contributed by atoms with Gasteiger partial charge in [-0.3, -0.25) is 0 Å². The first-order valence-electron chi connectivity index (χ1n) is 23.6. The minimum Gasteiger partial charge on any atom is -0.455 e. The molecule has 3 heteroatoms. The Morgan fingerprint density at radius 3 is 1.41 bits per heavy atom. The standard InChI is InChI=1S/C66H44N2O/c1-3-18-45(19-4-1)49-38-43-54(64(44-49)68-62-31-14-9-24-55(62)56-25-10-15-32-63(56)68)48-36-41-51(42-37-48)67(50-39-34-47(35-40-50)53-23-8-7-22-52(53)46-20-5-2-6-21-46)61-30-13-11-26-57(61)59-28-17-29-60-58-27-12-16-33-65(58)69-66(59)60/h1-44H. The third-order valence-corrected chi connectivity index (χ3v) is 13.7. The van der Waals surface area contributed by atoms with E-state index >= 15 is 0 Å². The van der Waals surface area contributed by atoms with Crippen molar-refractivity contribution in [2.75, 3.05) is 4.90 Å². The van der Waals surface area contributed by atoms with Crippen molar-refractivity contribution in [3.8, 4) is 61.3 Å². The van der Waals surface area contributed by atoms with Gasteiger partial charge in [-0.2, -0.15) is 0 Å². The molecule has 0 saturated carbocycles. The Kier molecular flexibility index (Phi) is 9.84. The highest BCUT2D eigenvalue weighted by Gasteiger charge is 2.22. The van der Waals surface area contributed by atoms with Crippen LogP contribution in [0.1, 0.15) is 0 Å². The lowest BCUT2D eigenvalue weighted by molar-refractivity contribution is 0.670. The minimum absolute atomic E-state index is 0.880. The molecule has 2 heterocycles. The predicted octanol–water partition coefficient (Wildman–Crippen LogP) is 18.5. The van der Waals surface area contributed by atoms with Crippen molar-refractivity contribution in [3.05, 3.63) is 267 Å². The lowest BCUT2D eigenvalue weighted by atomic mass is 9.94. The van der Waals surface area contributed by atoms with Crippen LogP contribution in [0.25, 0.3) is 105 Å². The van der Waals surface area contributed by atoms with Gasteiger partial charge in [0.15, 0.2) is 0 Å². The number of benzene rings is 11. The fourth-order valence-electron chi connectivity index (χ4n) is 10.4.